The number of benzene rings is 2. The predicted octanol–water partition coefficient (Wildman–Crippen LogP) is 4.36. The molecule has 0 aromatic heterocycles. The first-order chi connectivity index (χ1) is 11.1. The van der Waals surface area contributed by atoms with E-state index in [1.807, 2.05) is 49.4 Å². The molecule has 0 atom stereocenters. The van der Waals surface area contributed by atoms with Crippen molar-refractivity contribution in [3.05, 3.63) is 77.6 Å². The molecule has 0 unspecified atom stereocenters. The lowest BCUT2D eigenvalue weighted by Crippen LogP contribution is -2.21. The van der Waals surface area contributed by atoms with Crippen LogP contribution >= 0.6 is 0 Å². The van der Waals surface area contributed by atoms with E-state index >= 15 is 0 Å². The summed E-state index contributed by atoms with van der Waals surface area (Å²) in [5.74, 6) is 1.18. The number of hydrogen-bond donors (Lipinski definition) is 2. The number of hydrogen-bond acceptors (Lipinski definition) is 4. The maximum atomic E-state index is 8.00. The zero-order chi connectivity index (χ0) is 16.2. The van der Waals surface area contributed by atoms with E-state index < -0.39 is 0 Å². The molecule has 0 spiro atoms. The number of allylic oxidation sites excluding steroid dienone is 2. The summed E-state index contributed by atoms with van der Waals surface area (Å²) >= 11 is 0. The third-order valence-electron chi connectivity index (χ3n) is 3.32. The van der Waals surface area contributed by atoms with Crippen molar-refractivity contribution < 1.29 is 9.47 Å². The Labute approximate surface area is 134 Å². The van der Waals surface area contributed by atoms with Gasteiger partial charge in [-0.25, -0.2) is 0 Å². The van der Waals surface area contributed by atoms with Gasteiger partial charge >= 0.3 is 0 Å². The lowest BCUT2D eigenvalue weighted by atomic mass is 10.1. The first kappa shape index (κ1) is 14.8. The normalized spacial score (nSPS) is 15.2. The van der Waals surface area contributed by atoms with Gasteiger partial charge in [-0.2, -0.15) is 0 Å². The number of fused-ring (bicyclic) bond motifs is 1. The van der Waals surface area contributed by atoms with Crippen molar-refractivity contribution >= 4 is 17.7 Å². The molecule has 0 bridgehead atoms. The monoisotopic (exact) mass is 304 g/mol. The molecule has 2 aromatic rings. The van der Waals surface area contributed by atoms with Crippen LogP contribution in [-0.2, 0) is 0 Å². The highest BCUT2D eigenvalue weighted by molar-refractivity contribution is 6.08. The third-order valence-corrected chi connectivity index (χ3v) is 3.32. The Morgan fingerprint density at radius 2 is 1.61 bits per heavy atom. The quantitative estimate of drug-likeness (QED) is 0.827. The molecule has 0 saturated carbocycles. The number of para-hydroxylation sites is 2. The van der Waals surface area contributed by atoms with E-state index in [1.165, 1.54) is 11.6 Å². The number of aryl methyl sites for hydroxylation is 1. The first-order valence-electron chi connectivity index (χ1n) is 7.20. The fraction of sp³-hybridized carbons (Fsp3) is 0.0526. The van der Waals surface area contributed by atoms with Gasteiger partial charge in [0, 0.05) is 6.08 Å². The summed E-state index contributed by atoms with van der Waals surface area (Å²) < 4.78 is 11.0. The van der Waals surface area contributed by atoms with Gasteiger partial charge in [-0.05, 0) is 30.7 Å². The van der Waals surface area contributed by atoms with E-state index in [0.717, 1.165) is 5.56 Å². The molecule has 23 heavy (non-hydrogen) atoms. The lowest BCUT2D eigenvalue weighted by molar-refractivity contribution is 0.366. The van der Waals surface area contributed by atoms with Crippen LogP contribution in [0.1, 0.15) is 11.1 Å². The Hall–Kier alpha value is -3.14. The van der Waals surface area contributed by atoms with Gasteiger partial charge in [-0.15, -0.1) is 0 Å². The summed E-state index contributed by atoms with van der Waals surface area (Å²) in [6.07, 6.45) is 4.98. The minimum atomic E-state index is -0.0998. The SMILES string of the molecule is Cc1ccc(/C=C/C(=N)/C=C2/Oc3ccccc3OC2=N)cc1. The molecule has 3 rings (SSSR count). The van der Waals surface area contributed by atoms with Crippen LogP contribution < -0.4 is 9.47 Å². The topological polar surface area (TPSA) is 66.2 Å². The van der Waals surface area contributed by atoms with E-state index in [4.69, 9.17) is 20.3 Å². The van der Waals surface area contributed by atoms with Gasteiger partial charge in [0.05, 0.1) is 5.71 Å². The number of ether oxygens (including phenoxy) is 2. The molecule has 114 valence electrons. The lowest BCUT2D eigenvalue weighted by Gasteiger charge is -2.20. The van der Waals surface area contributed by atoms with E-state index in [2.05, 4.69) is 0 Å². The van der Waals surface area contributed by atoms with Crippen LogP contribution in [0.15, 0.2) is 66.4 Å². The highest BCUT2D eigenvalue weighted by Crippen LogP contribution is 2.32. The Bertz CT molecular complexity index is 818. The fourth-order valence-electron chi connectivity index (χ4n) is 2.09. The molecule has 0 saturated heterocycles. The van der Waals surface area contributed by atoms with Crippen molar-refractivity contribution in [3.8, 4) is 11.5 Å². The molecule has 0 radical (unpaired) electrons. The van der Waals surface area contributed by atoms with Crippen LogP contribution in [0.4, 0.5) is 0 Å². The molecule has 0 amide bonds. The number of rotatable bonds is 3. The molecule has 4 heteroatoms. The molecular weight excluding hydrogens is 288 g/mol. The van der Waals surface area contributed by atoms with Crippen LogP contribution in [-0.4, -0.2) is 11.6 Å². The summed E-state index contributed by atoms with van der Waals surface area (Å²) in [6.45, 7) is 2.03. The van der Waals surface area contributed by atoms with Crippen molar-refractivity contribution in [1.82, 2.24) is 0 Å². The Morgan fingerprint density at radius 3 is 2.30 bits per heavy atom. The summed E-state index contributed by atoms with van der Waals surface area (Å²) in [4.78, 5) is 0. The van der Waals surface area contributed by atoms with Gasteiger partial charge in [0.2, 0.25) is 0 Å². The zero-order valence-corrected chi connectivity index (χ0v) is 12.7. The second-order valence-electron chi connectivity index (χ2n) is 5.19. The number of nitrogens with one attached hydrogen (secondary N) is 2. The molecule has 2 N–H and O–H groups in total. The van der Waals surface area contributed by atoms with Crippen LogP contribution in [0.5, 0.6) is 11.5 Å². The van der Waals surface area contributed by atoms with Gasteiger partial charge in [0.15, 0.2) is 17.3 Å². The van der Waals surface area contributed by atoms with Gasteiger partial charge in [-0.3, -0.25) is 5.41 Å². The Kier molecular flexibility index (Phi) is 4.06. The highest BCUT2D eigenvalue weighted by Gasteiger charge is 2.20. The van der Waals surface area contributed by atoms with Crippen LogP contribution in [0.3, 0.4) is 0 Å². The van der Waals surface area contributed by atoms with Crippen molar-refractivity contribution in [2.24, 2.45) is 0 Å². The van der Waals surface area contributed by atoms with Crippen molar-refractivity contribution in [2.75, 3.05) is 0 Å². The van der Waals surface area contributed by atoms with Gasteiger partial charge in [0.1, 0.15) is 0 Å². The Balaban J connectivity index is 1.75. The van der Waals surface area contributed by atoms with E-state index in [1.54, 1.807) is 18.2 Å². The van der Waals surface area contributed by atoms with Gasteiger partial charge < -0.3 is 14.9 Å². The van der Waals surface area contributed by atoms with Crippen molar-refractivity contribution in [3.63, 3.8) is 0 Å². The summed E-state index contributed by atoms with van der Waals surface area (Å²) in [7, 11) is 0. The minimum absolute atomic E-state index is 0.0998. The molecule has 1 aliphatic rings. The van der Waals surface area contributed by atoms with Crippen LogP contribution in [0.2, 0.25) is 0 Å². The van der Waals surface area contributed by atoms with Crippen molar-refractivity contribution in [2.45, 2.75) is 6.92 Å². The molecule has 0 fully saturated rings. The summed E-state index contributed by atoms with van der Waals surface area (Å²) in [5, 5.41) is 15.8. The summed E-state index contributed by atoms with van der Waals surface area (Å²) in [5.41, 5.74) is 2.44. The average Bonchev–Trinajstić information content (AvgIpc) is 2.55. The fourth-order valence-corrected chi connectivity index (χ4v) is 2.09. The third kappa shape index (κ3) is 3.55. The second-order valence-corrected chi connectivity index (χ2v) is 5.19. The standard InChI is InChI=1S/C19H16N2O2/c1-13-6-8-14(9-7-13)10-11-15(20)12-18-19(21)23-17-5-3-2-4-16(17)22-18/h2-12,20-21H,1H3/b11-10+,18-12+,20-15?,21-19?. The van der Waals surface area contributed by atoms with Gasteiger partial charge in [-0.1, -0.05) is 48.0 Å². The van der Waals surface area contributed by atoms with Crippen LogP contribution in [0, 0.1) is 17.7 Å². The largest absolute Gasteiger partial charge is 0.448 e. The molecule has 2 aromatic carbocycles. The van der Waals surface area contributed by atoms with Crippen LogP contribution in [0.25, 0.3) is 6.08 Å². The summed E-state index contributed by atoms with van der Waals surface area (Å²) in [6, 6.07) is 15.2. The zero-order valence-electron chi connectivity index (χ0n) is 12.7. The van der Waals surface area contributed by atoms with E-state index in [-0.39, 0.29) is 17.4 Å². The average molecular weight is 304 g/mol. The molecule has 0 aliphatic carbocycles. The first-order valence-corrected chi connectivity index (χ1v) is 7.20. The maximum absolute atomic E-state index is 8.00. The Morgan fingerprint density at radius 1 is 0.957 bits per heavy atom. The van der Waals surface area contributed by atoms with E-state index in [9.17, 15) is 0 Å². The predicted molar refractivity (Wildman–Crippen MR) is 91.4 cm³/mol. The molecular formula is C19H16N2O2. The van der Waals surface area contributed by atoms with E-state index in [0.29, 0.717) is 11.5 Å². The van der Waals surface area contributed by atoms with Gasteiger partial charge in [0.25, 0.3) is 5.90 Å². The minimum Gasteiger partial charge on any atom is -0.448 e. The highest BCUT2D eigenvalue weighted by atomic mass is 16.6. The smallest absolute Gasteiger partial charge is 0.255 e. The maximum Gasteiger partial charge on any atom is 0.255 e. The van der Waals surface area contributed by atoms with Crippen molar-refractivity contribution in [1.29, 1.82) is 10.8 Å². The molecule has 1 heterocycles. The molecule has 1 aliphatic heterocycles. The molecule has 4 nitrogen and oxygen atoms in total. The second kappa shape index (κ2) is 6.32.